The van der Waals surface area contributed by atoms with E-state index >= 15 is 0 Å². The van der Waals surface area contributed by atoms with Crippen LogP contribution in [0.1, 0.15) is 25.7 Å². The van der Waals surface area contributed by atoms with Crippen molar-refractivity contribution >= 4 is 43.9 Å². The highest BCUT2D eigenvalue weighted by Crippen LogP contribution is 2.15. The molecular formula is C21H17N5O5S2. The largest absolute Gasteiger partial charge is 0.290 e. The maximum atomic E-state index is 12.6. The van der Waals surface area contributed by atoms with Gasteiger partial charge in [-0.2, -0.15) is 5.10 Å². The van der Waals surface area contributed by atoms with Crippen LogP contribution in [0.25, 0.3) is 10.8 Å². The zero-order chi connectivity index (χ0) is 23.4. The van der Waals surface area contributed by atoms with Gasteiger partial charge >= 0.3 is 0 Å². The first-order valence-electron chi connectivity index (χ1n) is 9.55. The van der Waals surface area contributed by atoms with Gasteiger partial charge in [0.1, 0.15) is 0 Å². The van der Waals surface area contributed by atoms with E-state index in [1.165, 1.54) is 35.6 Å². The minimum Gasteiger partial charge on any atom is -0.267 e. The quantitative estimate of drug-likeness (QED) is 0.306. The monoisotopic (exact) mass is 483 g/mol. The Labute approximate surface area is 191 Å². The number of nitrogens with one attached hydrogen (secondary N) is 4. The van der Waals surface area contributed by atoms with E-state index in [1.54, 1.807) is 30.3 Å². The minimum atomic E-state index is -3.85. The summed E-state index contributed by atoms with van der Waals surface area (Å²) in [6.45, 7) is 0.132. The lowest BCUT2D eigenvalue weighted by atomic mass is 10.1. The van der Waals surface area contributed by atoms with E-state index in [0.717, 1.165) is 4.88 Å². The molecule has 0 spiro atoms. The summed E-state index contributed by atoms with van der Waals surface area (Å²) < 4.78 is 27.6. The summed E-state index contributed by atoms with van der Waals surface area (Å²) in [4.78, 5) is 37.6. The van der Waals surface area contributed by atoms with E-state index in [0.29, 0.717) is 5.39 Å². The molecule has 2 heterocycles. The third kappa shape index (κ3) is 4.98. The number of aromatic nitrogens is 2. The maximum absolute atomic E-state index is 12.6. The van der Waals surface area contributed by atoms with Gasteiger partial charge in [-0.1, -0.05) is 30.3 Å². The first-order chi connectivity index (χ1) is 15.8. The van der Waals surface area contributed by atoms with Crippen LogP contribution in [-0.4, -0.2) is 30.4 Å². The van der Waals surface area contributed by atoms with Crippen molar-refractivity contribution in [2.75, 3.05) is 0 Å². The molecule has 4 rings (SSSR count). The predicted molar refractivity (Wildman–Crippen MR) is 122 cm³/mol. The molecule has 0 aliphatic heterocycles. The highest BCUT2D eigenvalue weighted by Gasteiger charge is 2.18. The van der Waals surface area contributed by atoms with Crippen LogP contribution in [0, 0.1) is 0 Å². The van der Waals surface area contributed by atoms with Gasteiger partial charge in [0.05, 0.1) is 10.3 Å². The normalized spacial score (nSPS) is 11.3. The highest BCUT2D eigenvalue weighted by molar-refractivity contribution is 7.89. The molecule has 0 fully saturated rings. The van der Waals surface area contributed by atoms with E-state index in [9.17, 15) is 22.8 Å². The van der Waals surface area contributed by atoms with Crippen LogP contribution in [0.5, 0.6) is 0 Å². The number of hydrogen-bond donors (Lipinski definition) is 4. The van der Waals surface area contributed by atoms with Crippen LogP contribution in [0.4, 0.5) is 0 Å². The molecule has 2 aromatic heterocycles. The Bertz CT molecular complexity index is 1500. The molecule has 12 heteroatoms. The lowest BCUT2D eigenvalue weighted by Crippen LogP contribution is -2.42. The third-order valence-electron chi connectivity index (χ3n) is 4.62. The zero-order valence-electron chi connectivity index (χ0n) is 16.9. The molecule has 0 atom stereocenters. The second-order valence-electron chi connectivity index (χ2n) is 6.79. The van der Waals surface area contributed by atoms with E-state index in [4.69, 9.17) is 0 Å². The van der Waals surface area contributed by atoms with Crippen LogP contribution in [0.15, 0.2) is 75.7 Å². The van der Waals surface area contributed by atoms with E-state index in [-0.39, 0.29) is 28.1 Å². The van der Waals surface area contributed by atoms with Crippen molar-refractivity contribution in [2.24, 2.45) is 0 Å². The second-order valence-corrected chi connectivity index (χ2v) is 9.59. The highest BCUT2D eigenvalue weighted by atomic mass is 32.2. The predicted octanol–water partition coefficient (Wildman–Crippen LogP) is 1.54. The number of rotatable bonds is 6. The molecule has 0 radical (unpaired) electrons. The molecule has 0 saturated carbocycles. The van der Waals surface area contributed by atoms with Crippen molar-refractivity contribution in [1.29, 1.82) is 0 Å². The Morgan fingerprint density at radius 1 is 0.939 bits per heavy atom. The number of hydrazine groups is 1. The minimum absolute atomic E-state index is 0.0218. The molecule has 33 heavy (non-hydrogen) atoms. The Hall–Kier alpha value is -3.87. The average Bonchev–Trinajstić information content (AvgIpc) is 3.35. The molecule has 0 aliphatic rings. The van der Waals surface area contributed by atoms with Crippen molar-refractivity contribution in [2.45, 2.75) is 11.4 Å². The molecule has 2 amide bonds. The third-order valence-corrected chi connectivity index (χ3v) is 6.90. The lowest BCUT2D eigenvalue weighted by molar-refractivity contribution is 0.0844. The molecular weight excluding hydrogens is 466 g/mol. The van der Waals surface area contributed by atoms with Gasteiger partial charge in [-0.15, -0.1) is 11.3 Å². The van der Waals surface area contributed by atoms with Crippen molar-refractivity contribution in [3.63, 3.8) is 0 Å². The van der Waals surface area contributed by atoms with Gasteiger partial charge in [-0.25, -0.2) is 18.2 Å². The molecule has 0 unspecified atom stereocenters. The molecule has 4 aromatic rings. The summed E-state index contributed by atoms with van der Waals surface area (Å²) in [5.74, 6) is -1.48. The molecule has 0 saturated heterocycles. The number of fused-ring (bicyclic) bond motifs is 1. The van der Waals surface area contributed by atoms with Gasteiger partial charge in [0.15, 0.2) is 5.69 Å². The van der Waals surface area contributed by atoms with Crippen molar-refractivity contribution in [3.8, 4) is 0 Å². The van der Waals surface area contributed by atoms with E-state index < -0.39 is 27.4 Å². The molecule has 0 aliphatic carbocycles. The average molecular weight is 484 g/mol. The van der Waals surface area contributed by atoms with Gasteiger partial charge in [0, 0.05) is 22.4 Å². The molecule has 10 nitrogen and oxygen atoms in total. The Kier molecular flexibility index (Phi) is 6.31. The standard InChI is InChI=1S/C21H17N5O5S2/c27-19(24-26-21(29)18-16-8-1-2-9-17(16)20(28)25-23-18)13-5-3-7-15(11-13)33(30,31)22-12-14-6-4-10-32-14/h1-11,22H,12H2,(H,24,27)(H,25,28)(H,26,29). The van der Waals surface area contributed by atoms with E-state index in [1.807, 2.05) is 11.4 Å². The van der Waals surface area contributed by atoms with Crippen molar-refractivity contribution < 1.29 is 18.0 Å². The summed E-state index contributed by atoms with van der Waals surface area (Å²) in [6, 6.07) is 15.4. The van der Waals surface area contributed by atoms with Gasteiger partial charge in [-0.3, -0.25) is 25.2 Å². The van der Waals surface area contributed by atoms with Gasteiger partial charge in [0.2, 0.25) is 10.0 Å². The van der Waals surface area contributed by atoms with E-state index in [2.05, 4.69) is 25.8 Å². The fourth-order valence-electron chi connectivity index (χ4n) is 3.00. The van der Waals surface area contributed by atoms with Gasteiger partial charge in [-0.05, 0) is 35.7 Å². The molecule has 0 bridgehead atoms. The van der Waals surface area contributed by atoms with Crippen LogP contribution in [0.3, 0.4) is 0 Å². The molecule has 2 aromatic carbocycles. The first kappa shape index (κ1) is 22.3. The summed E-state index contributed by atoms with van der Waals surface area (Å²) in [5, 5.41) is 8.43. The summed E-state index contributed by atoms with van der Waals surface area (Å²) in [7, 11) is -3.85. The number of carbonyl (C=O) groups excluding carboxylic acids is 2. The van der Waals surface area contributed by atoms with Crippen LogP contribution in [0.2, 0.25) is 0 Å². The smallest absolute Gasteiger partial charge is 0.267 e. The van der Waals surface area contributed by atoms with Gasteiger partial charge < -0.3 is 0 Å². The number of hydrogen-bond acceptors (Lipinski definition) is 7. The topological polar surface area (TPSA) is 150 Å². The summed E-state index contributed by atoms with van der Waals surface area (Å²) in [5.41, 5.74) is 3.94. The molecule has 4 N–H and O–H groups in total. The van der Waals surface area contributed by atoms with Crippen LogP contribution < -0.4 is 21.1 Å². The number of nitrogens with zero attached hydrogens (tertiary/aromatic N) is 1. The number of H-pyrrole nitrogens is 1. The van der Waals surface area contributed by atoms with Crippen molar-refractivity contribution in [1.82, 2.24) is 25.8 Å². The van der Waals surface area contributed by atoms with Crippen LogP contribution in [-0.2, 0) is 16.6 Å². The zero-order valence-corrected chi connectivity index (χ0v) is 18.5. The second kappa shape index (κ2) is 9.32. The SMILES string of the molecule is O=C(NNC(=O)c1n[nH]c(=O)c2ccccc12)c1cccc(S(=O)(=O)NCc2cccs2)c1. The number of carbonyl (C=O) groups is 2. The molecule has 168 valence electrons. The Morgan fingerprint density at radius 2 is 1.70 bits per heavy atom. The fourth-order valence-corrected chi connectivity index (χ4v) is 4.79. The number of amides is 2. The maximum Gasteiger partial charge on any atom is 0.290 e. The number of sulfonamides is 1. The summed E-state index contributed by atoms with van der Waals surface area (Å²) >= 11 is 1.42. The fraction of sp³-hybridized carbons (Fsp3) is 0.0476. The first-order valence-corrected chi connectivity index (χ1v) is 11.9. The van der Waals surface area contributed by atoms with Crippen molar-refractivity contribution in [3.05, 3.63) is 92.5 Å². The van der Waals surface area contributed by atoms with Crippen LogP contribution >= 0.6 is 11.3 Å². The van der Waals surface area contributed by atoms with Gasteiger partial charge in [0.25, 0.3) is 17.4 Å². The number of benzene rings is 2. The lowest BCUT2D eigenvalue weighted by Gasteiger charge is -2.10. The Balaban J connectivity index is 1.46. The Morgan fingerprint density at radius 3 is 2.45 bits per heavy atom. The number of aromatic amines is 1. The number of thiophene rings is 1. The summed E-state index contributed by atoms with van der Waals surface area (Å²) in [6.07, 6.45) is 0.